The van der Waals surface area contributed by atoms with Crippen molar-refractivity contribution in [3.63, 3.8) is 0 Å². The Balaban J connectivity index is 2.43. The molecule has 0 radical (unpaired) electrons. The Labute approximate surface area is 105 Å². The predicted molar refractivity (Wildman–Crippen MR) is 70.5 cm³/mol. The van der Waals surface area contributed by atoms with Crippen LogP contribution in [0, 0.1) is 18.3 Å². The molecule has 4 nitrogen and oxygen atoms in total. The van der Waals surface area contributed by atoms with Crippen LogP contribution < -0.4 is 5.73 Å². The maximum Gasteiger partial charge on any atom is 0.150 e. The Bertz CT molecular complexity index is 624. The Morgan fingerprint density at radius 3 is 2.78 bits per heavy atom. The van der Waals surface area contributed by atoms with Crippen LogP contribution in [0.15, 0.2) is 47.6 Å². The number of amidine groups is 1. The van der Waals surface area contributed by atoms with Crippen LogP contribution in [-0.2, 0) is 0 Å². The number of nitrogens with zero attached hydrogens (tertiary/aromatic N) is 3. The zero-order valence-electron chi connectivity index (χ0n) is 9.96. The van der Waals surface area contributed by atoms with Gasteiger partial charge in [-0.25, -0.2) is 4.99 Å². The molecule has 0 saturated carbocycles. The van der Waals surface area contributed by atoms with E-state index in [1.54, 1.807) is 24.4 Å². The molecule has 2 N–H and O–H groups in total. The van der Waals surface area contributed by atoms with Crippen molar-refractivity contribution in [1.82, 2.24) is 4.98 Å². The maximum atomic E-state index is 8.95. The van der Waals surface area contributed by atoms with Crippen molar-refractivity contribution < 1.29 is 0 Å². The van der Waals surface area contributed by atoms with Crippen LogP contribution in [0.2, 0.25) is 0 Å². The number of nitriles is 1. The summed E-state index contributed by atoms with van der Waals surface area (Å²) in [5, 5.41) is 8.95. The third-order valence-corrected chi connectivity index (χ3v) is 2.59. The SMILES string of the molecule is Cc1c(C#N)cccc1N=C(N)c1ccccn1. The summed E-state index contributed by atoms with van der Waals surface area (Å²) in [5.74, 6) is 0.341. The first kappa shape index (κ1) is 11.8. The molecule has 0 amide bonds. The van der Waals surface area contributed by atoms with Gasteiger partial charge in [-0.05, 0) is 36.8 Å². The highest BCUT2D eigenvalue weighted by Gasteiger charge is 2.04. The molecular weight excluding hydrogens is 224 g/mol. The molecule has 0 unspecified atom stereocenters. The molecule has 0 bridgehead atoms. The van der Waals surface area contributed by atoms with Gasteiger partial charge in [-0.15, -0.1) is 0 Å². The fraction of sp³-hybridized carbons (Fsp3) is 0.0714. The van der Waals surface area contributed by atoms with Gasteiger partial charge in [0.15, 0.2) is 0 Å². The Kier molecular flexibility index (Phi) is 3.35. The van der Waals surface area contributed by atoms with Gasteiger partial charge in [0.1, 0.15) is 11.5 Å². The third-order valence-electron chi connectivity index (χ3n) is 2.59. The van der Waals surface area contributed by atoms with Crippen molar-refractivity contribution in [2.75, 3.05) is 0 Å². The lowest BCUT2D eigenvalue weighted by Gasteiger charge is -2.04. The van der Waals surface area contributed by atoms with Crippen LogP contribution in [0.4, 0.5) is 5.69 Å². The van der Waals surface area contributed by atoms with E-state index >= 15 is 0 Å². The molecule has 2 aromatic rings. The lowest BCUT2D eigenvalue weighted by molar-refractivity contribution is 1.26. The zero-order chi connectivity index (χ0) is 13.0. The van der Waals surface area contributed by atoms with Gasteiger partial charge in [0.2, 0.25) is 0 Å². The molecule has 1 aromatic carbocycles. The number of aliphatic imine (C=N–C) groups is 1. The van der Waals surface area contributed by atoms with Gasteiger partial charge in [0, 0.05) is 6.20 Å². The topological polar surface area (TPSA) is 75.1 Å². The van der Waals surface area contributed by atoms with E-state index in [0.29, 0.717) is 22.8 Å². The molecule has 88 valence electrons. The van der Waals surface area contributed by atoms with E-state index in [1.165, 1.54) is 0 Å². The van der Waals surface area contributed by atoms with Gasteiger partial charge in [-0.1, -0.05) is 12.1 Å². The van der Waals surface area contributed by atoms with E-state index in [1.807, 2.05) is 25.1 Å². The average molecular weight is 236 g/mol. The van der Waals surface area contributed by atoms with Gasteiger partial charge in [0.05, 0.1) is 17.3 Å². The minimum atomic E-state index is 0.341. The standard InChI is InChI=1S/C14H12N4/c1-10-11(9-15)5-4-7-12(10)18-14(16)13-6-2-3-8-17-13/h2-8H,1H3,(H2,16,18). The van der Waals surface area contributed by atoms with E-state index in [2.05, 4.69) is 16.0 Å². The van der Waals surface area contributed by atoms with Crippen molar-refractivity contribution in [2.24, 2.45) is 10.7 Å². The molecule has 2 rings (SSSR count). The highest BCUT2D eigenvalue weighted by atomic mass is 14.9. The summed E-state index contributed by atoms with van der Waals surface area (Å²) in [5.41, 5.74) is 8.63. The van der Waals surface area contributed by atoms with Gasteiger partial charge < -0.3 is 5.73 Å². The van der Waals surface area contributed by atoms with Crippen LogP contribution >= 0.6 is 0 Å². The van der Waals surface area contributed by atoms with Crippen molar-refractivity contribution in [3.8, 4) is 6.07 Å². The summed E-state index contributed by atoms with van der Waals surface area (Å²) in [6.07, 6.45) is 1.66. The van der Waals surface area contributed by atoms with Crippen LogP contribution in [-0.4, -0.2) is 10.8 Å². The Morgan fingerprint density at radius 1 is 1.28 bits per heavy atom. The quantitative estimate of drug-likeness (QED) is 0.642. The maximum absolute atomic E-state index is 8.95. The number of hydrogen-bond acceptors (Lipinski definition) is 3. The lowest BCUT2D eigenvalue weighted by atomic mass is 10.1. The first-order valence-electron chi connectivity index (χ1n) is 5.47. The van der Waals surface area contributed by atoms with Gasteiger partial charge >= 0.3 is 0 Å². The first-order valence-corrected chi connectivity index (χ1v) is 5.47. The van der Waals surface area contributed by atoms with Crippen LogP contribution in [0.3, 0.4) is 0 Å². The molecule has 0 aliphatic carbocycles. The van der Waals surface area contributed by atoms with E-state index in [0.717, 1.165) is 5.56 Å². The summed E-state index contributed by atoms with van der Waals surface area (Å²) < 4.78 is 0. The highest BCUT2D eigenvalue weighted by Crippen LogP contribution is 2.21. The average Bonchev–Trinajstić information content (AvgIpc) is 2.42. The Hall–Kier alpha value is -2.67. The van der Waals surface area contributed by atoms with Crippen molar-refractivity contribution in [1.29, 1.82) is 5.26 Å². The molecule has 18 heavy (non-hydrogen) atoms. The highest BCUT2D eigenvalue weighted by molar-refractivity contribution is 5.97. The molecule has 0 atom stereocenters. The van der Waals surface area contributed by atoms with Crippen LogP contribution in [0.5, 0.6) is 0 Å². The summed E-state index contributed by atoms with van der Waals surface area (Å²) in [6.45, 7) is 1.85. The number of rotatable bonds is 2. The van der Waals surface area contributed by atoms with Crippen molar-refractivity contribution >= 4 is 11.5 Å². The molecule has 0 aliphatic heterocycles. The second-order valence-electron chi connectivity index (χ2n) is 3.77. The van der Waals surface area contributed by atoms with Crippen molar-refractivity contribution in [2.45, 2.75) is 6.92 Å². The fourth-order valence-corrected chi connectivity index (χ4v) is 1.57. The summed E-state index contributed by atoms with van der Waals surface area (Å²) in [7, 11) is 0. The third kappa shape index (κ3) is 2.36. The molecule has 1 heterocycles. The Morgan fingerprint density at radius 2 is 2.11 bits per heavy atom. The smallest absolute Gasteiger partial charge is 0.150 e. The van der Waals surface area contributed by atoms with Crippen LogP contribution in [0.1, 0.15) is 16.8 Å². The number of pyridine rings is 1. The minimum Gasteiger partial charge on any atom is -0.382 e. The first-order chi connectivity index (χ1) is 8.72. The van der Waals surface area contributed by atoms with Crippen LogP contribution in [0.25, 0.3) is 0 Å². The molecular formula is C14H12N4. The van der Waals surface area contributed by atoms with Gasteiger partial charge in [-0.3, -0.25) is 4.98 Å². The molecule has 0 saturated heterocycles. The number of hydrogen-bond donors (Lipinski definition) is 1. The fourth-order valence-electron chi connectivity index (χ4n) is 1.57. The predicted octanol–water partition coefficient (Wildman–Crippen LogP) is 2.30. The van der Waals surface area contributed by atoms with E-state index in [9.17, 15) is 0 Å². The van der Waals surface area contributed by atoms with Crippen molar-refractivity contribution in [3.05, 3.63) is 59.4 Å². The zero-order valence-corrected chi connectivity index (χ0v) is 9.96. The molecule has 4 heteroatoms. The van der Waals surface area contributed by atoms with E-state index < -0.39 is 0 Å². The monoisotopic (exact) mass is 236 g/mol. The summed E-state index contributed by atoms with van der Waals surface area (Å²) in [4.78, 5) is 8.44. The largest absolute Gasteiger partial charge is 0.382 e. The van der Waals surface area contributed by atoms with Gasteiger partial charge in [-0.2, -0.15) is 5.26 Å². The number of benzene rings is 1. The van der Waals surface area contributed by atoms with E-state index in [4.69, 9.17) is 11.0 Å². The summed E-state index contributed by atoms with van der Waals surface area (Å²) >= 11 is 0. The lowest BCUT2D eigenvalue weighted by Crippen LogP contribution is -2.14. The number of aromatic nitrogens is 1. The molecule has 1 aromatic heterocycles. The minimum absolute atomic E-state index is 0.341. The summed E-state index contributed by atoms with van der Waals surface area (Å²) in [6, 6.07) is 13.0. The second kappa shape index (κ2) is 5.11. The molecule has 0 fully saturated rings. The molecule has 0 aliphatic rings. The normalized spacial score (nSPS) is 11.0. The van der Waals surface area contributed by atoms with E-state index in [-0.39, 0.29) is 0 Å². The second-order valence-corrected chi connectivity index (χ2v) is 3.77. The number of nitrogens with two attached hydrogens (primary N) is 1. The van der Waals surface area contributed by atoms with Gasteiger partial charge in [0.25, 0.3) is 0 Å². The molecule has 0 spiro atoms.